The molecule has 0 fully saturated rings. The van der Waals surface area contributed by atoms with Crippen LogP contribution in [0.2, 0.25) is 5.02 Å². The minimum Gasteiger partial charge on any atom is -0.492 e. The number of carbonyl (C=O) groups is 1. The van der Waals surface area contributed by atoms with Crippen LogP contribution >= 0.6 is 11.6 Å². The van der Waals surface area contributed by atoms with Gasteiger partial charge in [-0.15, -0.1) is 0 Å². The molecule has 0 aliphatic carbocycles. The fourth-order valence-corrected chi connectivity index (χ4v) is 2.61. The number of nitrogens with zero attached hydrogens (tertiary/aromatic N) is 1. The number of para-hydroxylation sites is 1. The first-order valence-corrected chi connectivity index (χ1v) is 8.74. The van der Waals surface area contributed by atoms with Gasteiger partial charge in [-0.2, -0.15) is 13.2 Å². The third-order valence-corrected chi connectivity index (χ3v) is 4.03. The Morgan fingerprint density at radius 3 is 2.59 bits per heavy atom. The van der Waals surface area contributed by atoms with E-state index < -0.39 is 17.6 Å². The molecular weight excluding hydrogens is 381 g/mol. The number of nitrogens with one attached hydrogen (secondary N) is 1. The molecule has 0 saturated carbocycles. The minimum atomic E-state index is -4.53. The first-order valence-electron chi connectivity index (χ1n) is 8.36. The summed E-state index contributed by atoms with van der Waals surface area (Å²) in [6.45, 7) is 3.13. The van der Waals surface area contributed by atoms with Gasteiger partial charge in [0.05, 0.1) is 17.8 Å². The van der Waals surface area contributed by atoms with Crippen molar-refractivity contribution >= 4 is 23.2 Å². The van der Waals surface area contributed by atoms with E-state index >= 15 is 0 Å². The number of hydrogen-bond acceptors (Lipinski definition) is 3. The van der Waals surface area contributed by atoms with Gasteiger partial charge in [0.2, 0.25) is 5.91 Å². The number of amides is 1. The molecule has 1 N–H and O–H groups in total. The number of benzene rings is 2. The molecule has 8 heteroatoms. The van der Waals surface area contributed by atoms with Crippen LogP contribution in [0.3, 0.4) is 0 Å². The highest BCUT2D eigenvalue weighted by atomic mass is 35.5. The molecule has 2 aromatic carbocycles. The Hall–Kier alpha value is -2.25. The Kier molecular flexibility index (Phi) is 7.50. The van der Waals surface area contributed by atoms with E-state index in [1.165, 1.54) is 18.2 Å². The van der Waals surface area contributed by atoms with Gasteiger partial charge in [-0.3, -0.25) is 9.69 Å². The van der Waals surface area contributed by atoms with E-state index in [1.807, 2.05) is 6.92 Å². The van der Waals surface area contributed by atoms with Gasteiger partial charge in [0.15, 0.2) is 0 Å². The molecule has 27 heavy (non-hydrogen) atoms. The van der Waals surface area contributed by atoms with Crippen LogP contribution in [-0.4, -0.2) is 37.0 Å². The maximum Gasteiger partial charge on any atom is 0.418 e. The normalized spacial score (nSPS) is 11.5. The van der Waals surface area contributed by atoms with Gasteiger partial charge in [-0.1, -0.05) is 36.7 Å². The van der Waals surface area contributed by atoms with Crippen LogP contribution in [0.4, 0.5) is 18.9 Å². The quantitative estimate of drug-likeness (QED) is 0.698. The molecule has 0 bridgehead atoms. The summed E-state index contributed by atoms with van der Waals surface area (Å²) in [5.41, 5.74) is -1.12. The Balaban J connectivity index is 1.88. The summed E-state index contributed by atoms with van der Waals surface area (Å²) in [5, 5.41) is 2.90. The summed E-state index contributed by atoms with van der Waals surface area (Å²) in [6.07, 6.45) is -4.53. The molecule has 0 aliphatic heterocycles. The van der Waals surface area contributed by atoms with E-state index in [1.54, 1.807) is 29.2 Å². The predicted octanol–water partition coefficient (Wildman–Crippen LogP) is 4.70. The summed E-state index contributed by atoms with van der Waals surface area (Å²) < 4.78 is 44.6. The maximum atomic E-state index is 13.0. The van der Waals surface area contributed by atoms with E-state index in [9.17, 15) is 18.0 Å². The van der Waals surface area contributed by atoms with Gasteiger partial charge < -0.3 is 10.1 Å². The van der Waals surface area contributed by atoms with Gasteiger partial charge in [-0.25, -0.2) is 0 Å². The number of halogens is 4. The Morgan fingerprint density at radius 1 is 1.19 bits per heavy atom. The van der Waals surface area contributed by atoms with E-state index in [0.717, 1.165) is 6.07 Å². The lowest BCUT2D eigenvalue weighted by atomic mass is 10.1. The monoisotopic (exact) mass is 400 g/mol. The zero-order valence-electron chi connectivity index (χ0n) is 14.7. The number of hydrogen-bond donors (Lipinski definition) is 1. The third-order valence-electron chi connectivity index (χ3n) is 3.79. The lowest BCUT2D eigenvalue weighted by Crippen LogP contribution is -2.36. The molecule has 2 aromatic rings. The number of rotatable bonds is 8. The van der Waals surface area contributed by atoms with Gasteiger partial charge in [0.25, 0.3) is 0 Å². The van der Waals surface area contributed by atoms with Crippen LogP contribution in [0.5, 0.6) is 5.75 Å². The van der Waals surface area contributed by atoms with Gasteiger partial charge >= 0.3 is 6.18 Å². The van der Waals surface area contributed by atoms with E-state index in [2.05, 4.69) is 5.32 Å². The molecule has 0 spiro atoms. The van der Waals surface area contributed by atoms with Crippen molar-refractivity contribution in [2.45, 2.75) is 13.1 Å². The summed E-state index contributed by atoms with van der Waals surface area (Å²) in [5.74, 6) is 0.0958. The topological polar surface area (TPSA) is 41.6 Å². The molecule has 146 valence electrons. The molecular formula is C19H20ClF3N2O2. The van der Waals surface area contributed by atoms with Crippen molar-refractivity contribution in [3.05, 3.63) is 59.1 Å². The number of ether oxygens (including phenoxy) is 1. The smallest absolute Gasteiger partial charge is 0.418 e. The first-order chi connectivity index (χ1) is 12.8. The van der Waals surface area contributed by atoms with Crippen LogP contribution in [0.25, 0.3) is 0 Å². The van der Waals surface area contributed by atoms with Crippen LogP contribution in [0.15, 0.2) is 48.5 Å². The van der Waals surface area contributed by atoms with E-state index in [0.29, 0.717) is 30.5 Å². The zero-order chi connectivity index (χ0) is 19.9. The van der Waals surface area contributed by atoms with Crippen molar-refractivity contribution in [3.8, 4) is 5.75 Å². The fourth-order valence-electron chi connectivity index (χ4n) is 2.43. The minimum absolute atomic E-state index is 0.0401. The number of anilines is 1. The lowest BCUT2D eigenvalue weighted by molar-refractivity contribution is -0.137. The fraction of sp³-hybridized carbons (Fsp3) is 0.316. The molecule has 0 aliphatic rings. The first kappa shape index (κ1) is 21.1. The standard InChI is InChI=1S/C19H20ClF3N2O2/c1-2-25(10-11-27-15-7-5-6-14(20)12-15)13-18(26)24-17-9-4-3-8-16(17)19(21,22)23/h3-9,12H,2,10-11,13H2,1H3,(H,24,26). The largest absolute Gasteiger partial charge is 0.492 e. The van der Waals surface area contributed by atoms with Crippen LogP contribution < -0.4 is 10.1 Å². The lowest BCUT2D eigenvalue weighted by Gasteiger charge is -2.21. The molecule has 0 radical (unpaired) electrons. The summed E-state index contributed by atoms with van der Waals surface area (Å²) in [7, 11) is 0. The van der Waals surface area contributed by atoms with Gasteiger partial charge in [-0.05, 0) is 36.9 Å². The molecule has 0 aromatic heterocycles. The van der Waals surface area contributed by atoms with E-state index in [-0.39, 0.29) is 12.2 Å². The SMILES string of the molecule is CCN(CCOc1cccc(Cl)c1)CC(=O)Nc1ccccc1C(F)(F)F. The highest BCUT2D eigenvalue weighted by molar-refractivity contribution is 6.30. The Morgan fingerprint density at radius 2 is 1.93 bits per heavy atom. The molecule has 2 rings (SSSR count). The van der Waals surface area contributed by atoms with Crippen molar-refractivity contribution in [3.63, 3.8) is 0 Å². The van der Waals surface area contributed by atoms with Crippen molar-refractivity contribution in [2.24, 2.45) is 0 Å². The van der Waals surface area contributed by atoms with Crippen molar-refractivity contribution in [2.75, 3.05) is 31.6 Å². The Labute approximate surface area is 160 Å². The van der Waals surface area contributed by atoms with Crippen molar-refractivity contribution < 1.29 is 22.7 Å². The molecule has 0 unspecified atom stereocenters. The van der Waals surface area contributed by atoms with Crippen LogP contribution in [0, 0.1) is 0 Å². The molecule has 1 amide bonds. The van der Waals surface area contributed by atoms with Gasteiger partial charge in [0, 0.05) is 11.6 Å². The molecule has 4 nitrogen and oxygen atoms in total. The van der Waals surface area contributed by atoms with Crippen LogP contribution in [-0.2, 0) is 11.0 Å². The summed E-state index contributed by atoms with van der Waals surface area (Å²) in [6, 6.07) is 11.8. The molecule has 0 saturated heterocycles. The highest BCUT2D eigenvalue weighted by Crippen LogP contribution is 2.34. The van der Waals surface area contributed by atoms with Gasteiger partial charge in [0.1, 0.15) is 12.4 Å². The number of likely N-dealkylation sites (N-methyl/N-ethyl adjacent to an activating group) is 1. The molecule has 0 atom stereocenters. The third kappa shape index (κ3) is 6.77. The second-order valence-corrected chi connectivity index (χ2v) is 6.20. The highest BCUT2D eigenvalue weighted by Gasteiger charge is 2.33. The second-order valence-electron chi connectivity index (χ2n) is 5.77. The second kappa shape index (κ2) is 9.62. The van der Waals surface area contributed by atoms with Crippen LogP contribution in [0.1, 0.15) is 12.5 Å². The van der Waals surface area contributed by atoms with Crippen molar-refractivity contribution in [1.82, 2.24) is 4.90 Å². The summed E-state index contributed by atoms with van der Waals surface area (Å²) >= 11 is 5.88. The number of alkyl halides is 3. The zero-order valence-corrected chi connectivity index (χ0v) is 15.5. The predicted molar refractivity (Wildman–Crippen MR) is 99.1 cm³/mol. The average Bonchev–Trinajstić information content (AvgIpc) is 2.60. The average molecular weight is 401 g/mol. The summed E-state index contributed by atoms with van der Waals surface area (Å²) in [4.78, 5) is 13.9. The molecule has 0 heterocycles. The maximum absolute atomic E-state index is 13.0. The van der Waals surface area contributed by atoms with E-state index in [4.69, 9.17) is 16.3 Å². The van der Waals surface area contributed by atoms with Crippen molar-refractivity contribution in [1.29, 1.82) is 0 Å². The number of carbonyl (C=O) groups excluding carboxylic acids is 1. The Bertz CT molecular complexity index is 769.